The fraction of sp³-hybridized carbons (Fsp3) is 0.200. The molecule has 3 heterocycles. The quantitative estimate of drug-likeness (QED) is 0.468. The summed E-state index contributed by atoms with van der Waals surface area (Å²) < 4.78 is 9.03. The van der Waals surface area contributed by atoms with Gasteiger partial charge in [-0.2, -0.15) is 0 Å². The summed E-state index contributed by atoms with van der Waals surface area (Å²) in [7, 11) is 0. The number of aromatic nitrogens is 4. The zero-order valence-corrected chi connectivity index (χ0v) is 17.4. The Morgan fingerprint density at radius 3 is 2.69 bits per heavy atom. The first-order chi connectivity index (χ1) is 14.0. The van der Waals surface area contributed by atoms with Gasteiger partial charge < -0.3 is 14.3 Å². The second-order valence-electron chi connectivity index (χ2n) is 6.50. The molecule has 29 heavy (non-hydrogen) atoms. The van der Waals surface area contributed by atoms with Crippen molar-refractivity contribution in [2.45, 2.75) is 27.1 Å². The molecule has 0 unspecified atom stereocenters. The molecule has 9 heteroatoms. The summed E-state index contributed by atoms with van der Waals surface area (Å²) in [4.78, 5) is 17.7. The minimum atomic E-state index is -0.189. The number of anilines is 1. The average molecular weight is 428 g/mol. The van der Waals surface area contributed by atoms with Crippen LogP contribution in [0.4, 0.5) is 5.69 Å². The molecule has 0 spiro atoms. The van der Waals surface area contributed by atoms with Crippen LogP contribution in [0.5, 0.6) is 0 Å². The van der Waals surface area contributed by atoms with Gasteiger partial charge in [0.2, 0.25) is 5.43 Å². The van der Waals surface area contributed by atoms with Crippen LogP contribution in [0.1, 0.15) is 12.6 Å². The second kappa shape index (κ2) is 7.81. The number of pyridine rings is 2. The Hall–Kier alpha value is -2.97. The topological polar surface area (TPSA) is 77.9 Å². The van der Waals surface area contributed by atoms with Gasteiger partial charge in [-0.3, -0.25) is 4.79 Å². The van der Waals surface area contributed by atoms with E-state index in [-0.39, 0.29) is 16.2 Å². The van der Waals surface area contributed by atoms with Gasteiger partial charge in [-0.25, -0.2) is 9.67 Å². The van der Waals surface area contributed by atoms with E-state index in [4.69, 9.17) is 28.2 Å². The Bertz CT molecular complexity index is 1310. The molecule has 0 amide bonds. The third-order valence-corrected chi connectivity index (χ3v) is 5.06. The lowest BCUT2D eigenvalue weighted by Crippen LogP contribution is -2.14. The highest BCUT2D eigenvalue weighted by Crippen LogP contribution is 2.19. The zero-order valence-electron chi connectivity index (χ0n) is 15.8. The number of benzene rings is 1. The van der Waals surface area contributed by atoms with Crippen molar-refractivity contribution in [3.63, 3.8) is 0 Å². The molecule has 0 aliphatic heterocycles. The largest absolute Gasteiger partial charge is 0.409 e. The molecule has 3 aromatic heterocycles. The fourth-order valence-corrected chi connectivity index (χ4v) is 3.31. The predicted molar refractivity (Wildman–Crippen MR) is 116 cm³/mol. The van der Waals surface area contributed by atoms with E-state index in [2.05, 4.69) is 15.4 Å². The lowest BCUT2D eigenvalue weighted by molar-refractivity contribution is 0.522. The number of hydrogen-bond acceptors (Lipinski definition) is 6. The number of rotatable bonds is 5. The van der Waals surface area contributed by atoms with E-state index in [1.165, 1.54) is 4.68 Å². The Kier molecular flexibility index (Phi) is 5.21. The number of halogens is 1. The second-order valence-corrected chi connectivity index (χ2v) is 7.28. The zero-order chi connectivity index (χ0) is 20.5. The van der Waals surface area contributed by atoms with E-state index in [0.717, 1.165) is 11.4 Å². The third kappa shape index (κ3) is 3.81. The van der Waals surface area contributed by atoms with Crippen molar-refractivity contribution in [3.8, 4) is 11.5 Å². The van der Waals surface area contributed by atoms with Crippen LogP contribution in [0.15, 0.2) is 51.8 Å². The Labute approximate surface area is 176 Å². The molecule has 0 atom stereocenters. The summed E-state index contributed by atoms with van der Waals surface area (Å²) in [6, 6.07) is 10.9. The number of fused-ring (bicyclic) bond motifs is 1. The van der Waals surface area contributed by atoms with Crippen molar-refractivity contribution in [2.75, 3.05) is 5.32 Å². The van der Waals surface area contributed by atoms with E-state index >= 15 is 0 Å². The number of hydrogen-bond donors (Lipinski definition) is 1. The lowest BCUT2D eigenvalue weighted by Gasteiger charge is -2.09. The predicted octanol–water partition coefficient (Wildman–Crippen LogP) is 4.63. The Morgan fingerprint density at radius 1 is 1.21 bits per heavy atom. The van der Waals surface area contributed by atoms with Crippen LogP contribution in [-0.4, -0.2) is 19.3 Å². The van der Waals surface area contributed by atoms with Crippen LogP contribution in [0.3, 0.4) is 0 Å². The Balaban J connectivity index is 1.71. The average Bonchev–Trinajstić information content (AvgIpc) is 3.08. The highest BCUT2D eigenvalue weighted by Gasteiger charge is 2.17. The number of nitrogens with zero attached hydrogens (tertiary/aromatic N) is 4. The van der Waals surface area contributed by atoms with Gasteiger partial charge in [0.1, 0.15) is 17.9 Å². The highest BCUT2D eigenvalue weighted by atomic mass is 35.5. The first-order valence-corrected chi connectivity index (χ1v) is 9.83. The SMILES string of the molecule is CCn1cc(-c2nn(CNc3ccc(Cl)cc3)c(=S)o2)c(=O)c2ccc(C)nc21. The maximum absolute atomic E-state index is 13.0. The van der Waals surface area contributed by atoms with E-state index < -0.39 is 0 Å². The van der Waals surface area contributed by atoms with Crippen LogP contribution >= 0.6 is 23.8 Å². The number of aryl methyl sites for hydroxylation is 2. The van der Waals surface area contributed by atoms with Crippen LogP contribution in [-0.2, 0) is 13.2 Å². The van der Waals surface area contributed by atoms with Crippen molar-refractivity contribution in [3.05, 3.63) is 68.4 Å². The van der Waals surface area contributed by atoms with Crippen molar-refractivity contribution in [1.29, 1.82) is 0 Å². The molecule has 4 aromatic rings. The van der Waals surface area contributed by atoms with Gasteiger partial charge in [0.05, 0.1) is 5.39 Å². The molecule has 148 valence electrons. The van der Waals surface area contributed by atoms with Crippen LogP contribution in [0, 0.1) is 11.8 Å². The van der Waals surface area contributed by atoms with E-state index in [0.29, 0.717) is 34.8 Å². The maximum Gasteiger partial charge on any atom is 0.289 e. The van der Waals surface area contributed by atoms with Gasteiger partial charge in [-0.05, 0) is 62.5 Å². The normalized spacial score (nSPS) is 11.1. The van der Waals surface area contributed by atoms with Crippen molar-refractivity contribution in [1.82, 2.24) is 19.3 Å². The van der Waals surface area contributed by atoms with E-state index in [1.54, 1.807) is 24.4 Å². The minimum Gasteiger partial charge on any atom is -0.409 e. The fourth-order valence-electron chi connectivity index (χ4n) is 3.00. The Morgan fingerprint density at radius 2 is 1.97 bits per heavy atom. The lowest BCUT2D eigenvalue weighted by atomic mass is 10.2. The molecule has 0 radical (unpaired) electrons. The summed E-state index contributed by atoms with van der Waals surface area (Å²) in [5, 5.41) is 8.76. The molecular weight excluding hydrogens is 410 g/mol. The molecule has 1 N–H and O–H groups in total. The van der Waals surface area contributed by atoms with E-state index in [1.807, 2.05) is 36.6 Å². The van der Waals surface area contributed by atoms with Crippen LogP contribution in [0.25, 0.3) is 22.5 Å². The van der Waals surface area contributed by atoms with Crippen LogP contribution < -0.4 is 10.7 Å². The van der Waals surface area contributed by atoms with Gasteiger partial charge in [0.15, 0.2) is 0 Å². The monoisotopic (exact) mass is 427 g/mol. The first-order valence-electron chi connectivity index (χ1n) is 9.05. The number of nitrogens with one attached hydrogen (secondary N) is 1. The van der Waals surface area contributed by atoms with Gasteiger partial charge >= 0.3 is 0 Å². The molecule has 0 aliphatic carbocycles. The van der Waals surface area contributed by atoms with Crippen molar-refractivity contribution >= 4 is 40.5 Å². The third-order valence-electron chi connectivity index (χ3n) is 4.52. The minimum absolute atomic E-state index is 0.172. The molecule has 4 rings (SSSR count). The summed E-state index contributed by atoms with van der Waals surface area (Å²) >= 11 is 11.2. The summed E-state index contributed by atoms with van der Waals surface area (Å²) in [5.41, 5.74) is 2.51. The molecule has 0 saturated heterocycles. The maximum atomic E-state index is 13.0. The first kappa shape index (κ1) is 19.4. The molecule has 0 fully saturated rings. The van der Waals surface area contributed by atoms with E-state index in [9.17, 15) is 4.79 Å². The van der Waals surface area contributed by atoms with Gasteiger partial charge in [-0.15, -0.1) is 5.10 Å². The standard InChI is InChI=1S/C20H18ClN5O2S/c1-3-25-10-16(17(27)15-9-4-12(2)23-18(15)25)19-24-26(20(29)28-19)11-22-14-7-5-13(21)6-8-14/h4-10,22H,3,11H2,1-2H3. The van der Waals surface area contributed by atoms with Gasteiger partial charge in [0, 0.05) is 29.1 Å². The van der Waals surface area contributed by atoms with Crippen molar-refractivity contribution in [2.24, 2.45) is 0 Å². The van der Waals surface area contributed by atoms with Gasteiger partial charge in [-0.1, -0.05) is 11.6 Å². The van der Waals surface area contributed by atoms with Crippen LogP contribution in [0.2, 0.25) is 5.02 Å². The molecule has 1 aromatic carbocycles. The molecular formula is C20H18ClN5O2S. The molecule has 0 saturated carbocycles. The molecule has 0 aliphatic rings. The molecule has 7 nitrogen and oxygen atoms in total. The summed E-state index contributed by atoms with van der Waals surface area (Å²) in [6.07, 6.45) is 1.72. The summed E-state index contributed by atoms with van der Waals surface area (Å²) in [6.45, 7) is 4.83. The smallest absolute Gasteiger partial charge is 0.289 e. The summed E-state index contributed by atoms with van der Waals surface area (Å²) in [5.74, 6) is 0.183. The van der Waals surface area contributed by atoms with Crippen molar-refractivity contribution < 1.29 is 4.42 Å². The highest BCUT2D eigenvalue weighted by molar-refractivity contribution is 7.71. The van der Waals surface area contributed by atoms with Gasteiger partial charge in [0.25, 0.3) is 10.7 Å². The molecule has 0 bridgehead atoms.